The molecule has 108 valence electrons. The normalized spacial score (nSPS) is 17.9. The molecule has 1 aromatic carbocycles. The maximum Gasteiger partial charge on any atom is 0.0642 e. The van der Waals surface area contributed by atoms with Gasteiger partial charge in [-0.25, -0.2) is 0 Å². The van der Waals surface area contributed by atoms with Crippen LogP contribution in [0.25, 0.3) is 0 Å². The van der Waals surface area contributed by atoms with Gasteiger partial charge in [-0.05, 0) is 17.7 Å². The summed E-state index contributed by atoms with van der Waals surface area (Å²) in [5, 5.41) is 14.3. The van der Waals surface area contributed by atoms with Crippen molar-refractivity contribution >= 4 is 47.2 Å². The number of aliphatic hydroxyl groups is 1. The van der Waals surface area contributed by atoms with Crippen LogP contribution in [0.1, 0.15) is 11.6 Å². The van der Waals surface area contributed by atoms with Gasteiger partial charge in [0.15, 0.2) is 0 Å². The van der Waals surface area contributed by atoms with Crippen LogP contribution in [0.5, 0.6) is 0 Å². The van der Waals surface area contributed by atoms with Gasteiger partial charge in [-0.15, -0.1) is 12.4 Å². The third-order valence-corrected chi connectivity index (χ3v) is 4.18. The second-order valence-electron chi connectivity index (χ2n) is 4.28. The molecular weight excluding hydrogens is 330 g/mol. The molecule has 1 aliphatic heterocycles. The summed E-state index contributed by atoms with van der Waals surface area (Å²) in [4.78, 5) is 2.18. The minimum atomic E-state index is -0.157. The summed E-state index contributed by atoms with van der Waals surface area (Å²) in [5.74, 6) is 0. The number of benzene rings is 1. The topological polar surface area (TPSA) is 35.5 Å². The molecule has 1 heterocycles. The first kappa shape index (κ1) is 17.3. The predicted molar refractivity (Wildman–Crippen MR) is 83.0 cm³/mol. The fourth-order valence-corrected chi connectivity index (χ4v) is 2.97. The van der Waals surface area contributed by atoms with E-state index in [1.165, 1.54) is 0 Å². The predicted octanol–water partition coefficient (Wildman–Crippen LogP) is 3.01. The molecule has 1 aliphatic rings. The highest BCUT2D eigenvalue weighted by atomic mass is 35.5. The Morgan fingerprint density at radius 2 is 1.84 bits per heavy atom. The lowest BCUT2D eigenvalue weighted by atomic mass is 10.1. The molecule has 0 amide bonds. The fourth-order valence-electron chi connectivity index (χ4n) is 2.22. The van der Waals surface area contributed by atoms with E-state index in [9.17, 15) is 5.11 Å². The Kier molecular flexibility index (Phi) is 7.19. The number of hydrogen-bond acceptors (Lipinski definition) is 3. The van der Waals surface area contributed by atoms with Crippen LogP contribution >= 0.6 is 47.2 Å². The second-order valence-corrected chi connectivity index (χ2v) is 5.50. The summed E-state index contributed by atoms with van der Waals surface area (Å²) in [7, 11) is 0. The zero-order valence-electron chi connectivity index (χ0n) is 10.2. The number of nitrogens with one attached hydrogen (secondary N) is 1. The first-order valence-corrected chi connectivity index (χ1v) is 6.97. The van der Waals surface area contributed by atoms with Crippen molar-refractivity contribution in [1.29, 1.82) is 0 Å². The van der Waals surface area contributed by atoms with Crippen molar-refractivity contribution in [3.8, 4) is 0 Å². The van der Waals surface area contributed by atoms with Gasteiger partial charge in [0, 0.05) is 31.2 Å². The minimum absolute atomic E-state index is 0. The van der Waals surface area contributed by atoms with Crippen molar-refractivity contribution in [2.75, 3.05) is 32.8 Å². The summed E-state index contributed by atoms with van der Waals surface area (Å²) in [5.41, 5.74) is 0.790. The van der Waals surface area contributed by atoms with Gasteiger partial charge in [-0.1, -0.05) is 34.8 Å². The molecule has 2 N–H and O–H groups in total. The van der Waals surface area contributed by atoms with Gasteiger partial charge in [0.05, 0.1) is 22.7 Å². The second kappa shape index (κ2) is 7.89. The SMILES string of the molecule is Cl.OC[C@H](c1cc(Cl)cc(Cl)c1Cl)N1CCNCC1. The first-order chi connectivity index (χ1) is 8.63. The molecule has 0 aliphatic carbocycles. The van der Waals surface area contributed by atoms with Crippen LogP contribution < -0.4 is 5.32 Å². The van der Waals surface area contributed by atoms with E-state index in [1.807, 2.05) is 0 Å². The minimum Gasteiger partial charge on any atom is -0.394 e. The van der Waals surface area contributed by atoms with E-state index >= 15 is 0 Å². The number of nitrogens with zero attached hydrogens (tertiary/aromatic N) is 1. The lowest BCUT2D eigenvalue weighted by Gasteiger charge is -2.34. The van der Waals surface area contributed by atoms with Crippen LogP contribution in [0.4, 0.5) is 0 Å². The van der Waals surface area contributed by atoms with Crippen molar-refractivity contribution in [3.63, 3.8) is 0 Å². The molecule has 2 rings (SSSR count). The summed E-state index contributed by atoms with van der Waals surface area (Å²) < 4.78 is 0. The van der Waals surface area contributed by atoms with Crippen molar-refractivity contribution in [2.24, 2.45) is 0 Å². The molecule has 0 saturated carbocycles. The number of halogens is 4. The molecule has 0 radical (unpaired) electrons. The fraction of sp³-hybridized carbons (Fsp3) is 0.500. The van der Waals surface area contributed by atoms with Gasteiger partial charge in [0.2, 0.25) is 0 Å². The highest BCUT2D eigenvalue weighted by molar-refractivity contribution is 6.43. The highest BCUT2D eigenvalue weighted by Gasteiger charge is 2.24. The standard InChI is InChI=1S/C12H15Cl3N2O.ClH/c13-8-5-9(12(15)10(14)6-8)11(7-18)17-3-1-16-2-4-17;/h5-6,11,16,18H,1-4,7H2;1H/t11-;/m1./s1. The van der Waals surface area contributed by atoms with E-state index in [2.05, 4.69) is 10.2 Å². The average molecular weight is 346 g/mol. The summed E-state index contributed by atoms with van der Waals surface area (Å²) in [6.45, 7) is 3.54. The smallest absolute Gasteiger partial charge is 0.0642 e. The zero-order chi connectivity index (χ0) is 13.1. The van der Waals surface area contributed by atoms with Crippen LogP contribution in [0.2, 0.25) is 15.1 Å². The van der Waals surface area contributed by atoms with Gasteiger partial charge >= 0.3 is 0 Å². The lowest BCUT2D eigenvalue weighted by molar-refractivity contribution is 0.111. The molecule has 0 spiro atoms. The molecule has 1 saturated heterocycles. The molecule has 0 bridgehead atoms. The van der Waals surface area contributed by atoms with Crippen LogP contribution in [0, 0.1) is 0 Å². The van der Waals surface area contributed by atoms with E-state index in [0.29, 0.717) is 15.1 Å². The Morgan fingerprint density at radius 3 is 2.42 bits per heavy atom. The molecule has 0 aromatic heterocycles. The van der Waals surface area contributed by atoms with Crippen molar-refractivity contribution in [3.05, 3.63) is 32.8 Å². The summed E-state index contributed by atoms with van der Waals surface area (Å²) in [6.07, 6.45) is 0. The number of aliphatic hydroxyl groups excluding tert-OH is 1. The van der Waals surface area contributed by atoms with Gasteiger partial charge in [-0.3, -0.25) is 4.90 Å². The van der Waals surface area contributed by atoms with E-state index in [-0.39, 0.29) is 25.1 Å². The van der Waals surface area contributed by atoms with Crippen molar-refractivity contribution in [1.82, 2.24) is 10.2 Å². The van der Waals surface area contributed by atoms with Crippen LogP contribution in [0.3, 0.4) is 0 Å². The number of hydrogen-bond donors (Lipinski definition) is 2. The van der Waals surface area contributed by atoms with Gasteiger partial charge < -0.3 is 10.4 Å². The third-order valence-electron chi connectivity index (χ3n) is 3.15. The molecule has 19 heavy (non-hydrogen) atoms. The quantitative estimate of drug-likeness (QED) is 0.826. The van der Waals surface area contributed by atoms with Crippen molar-refractivity contribution in [2.45, 2.75) is 6.04 Å². The highest BCUT2D eigenvalue weighted by Crippen LogP contribution is 2.35. The maximum atomic E-state index is 9.63. The van der Waals surface area contributed by atoms with Gasteiger partial charge in [-0.2, -0.15) is 0 Å². The molecule has 0 unspecified atom stereocenters. The summed E-state index contributed by atoms with van der Waals surface area (Å²) >= 11 is 18.3. The Bertz CT molecular complexity index is 424. The van der Waals surface area contributed by atoms with Gasteiger partial charge in [0.1, 0.15) is 0 Å². The molecule has 3 nitrogen and oxygen atoms in total. The maximum absolute atomic E-state index is 9.63. The van der Waals surface area contributed by atoms with E-state index in [1.54, 1.807) is 12.1 Å². The molecule has 1 aromatic rings. The zero-order valence-corrected chi connectivity index (χ0v) is 13.3. The Labute approximate surface area is 134 Å². The van der Waals surface area contributed by atoms with Crippen molar-refractivity contribution < 1.29 is 5.11 Å². The van der Waals surface area contributed by atoms with Crippen LogP contribution in [-0.2, 0) is 0 Å². The largest absolute Gasteiger partial charge is 0.394 e. The van der Waals surface area contributed by atoms with E-state index < -0.39 is 0 Å². The first-order valence-electron chi connectivity index (χ1n) is 5.83. The Morgan fingerprint density at radius 1 is 1.21 bits per heavy atom. The van der Waals surface area contributed by atoms with E-state index in [4.69, 9.17) is 34.8 Å². The van der Waals surface area contributed by atoms with Gasteiger partial charge in [0.25, 0.3) is 0 Å². The molecule has 1 atom stereocenters. The summed E-state index contributed by atoms with van der Waals surface area (Å²) in [6, 6.07) is 3.23. The Hall–Kier alpha value is 0.260. The average Bonchev–Trinajstić information content (AvgIpc) is 2.37. The third kappa shape index (κ3) is 4.11. The lowest BCUT2D eigenvalue weighted by Crippen LogP contribution is -2.46. The molecule has 7 heteroatoms. The van der Waals surface area contributed by atoms with Crippen LogP contribution in [-0.4, -0.2) is 42.8 Å². The number of rotatable bonds is 3. The van der Waals surface area contributed by atoms with Crippen LogP contribution in [0.15, 0.2) is 12.1 Å². The molecular formula is C12H16Cl4N2O. The molecule has 1 fully saturated rings. The van der Waals surface area contributed by atoms with E-state index in [0.717, 1.165) is 31.7 Å². The monoisotopic (exact) mass is 344 g/mol. The number of piperazine rings is 1. The Balaban J connectivity index is 0.00000180.